The lowest BCUT2D eigenvalue weighted by Gasteiger charge is -2.24. The number of carbonyl (C=O) groups excluding carboxylic acids is 3. The number of nitrogens with two attached hydrogens (primary N) is 3. The first kappa shape index (κ1) is 33.2. The molecule has 14 heteroatoms. The lowest BCUT2D eigenvalue weighted by Crippen LogP contribution is -2.57. The van der Waals surface area contributed by atoms with Crippen molar-refractivity contribution in [3.05, 3.63) is 71.8 Å². The van der Waals surface area contributed by atoms with Gasteiger partial charge in [-0.3, -0.25) is 24.2 Å². The zero-order valence-corrected chi connectivity index (χ0v) is 22.9. The molecule has 0 aromatic heterocycles. The molecule has 3 amide bonds. The first-order chi connectivity index (χ1) is 20.0. The van der Waals surface area contributed by atoms with E-state index in [0.29, 0.717) is 5.56 Å². The van der Waals surface area contributed by atoms with Crippen LogP contribution in [0.3, 0.4) is 0 Å². The lowest BCUT2D eigenvalue weighted by molar-refractivity contribution is -0.143. The van der Waals surface area contributed by atoms with Gasteiger partial charge in [-0.2, -0.15) is 0 Å². The molecule has 2 rings (SSSR count). The number of hydrogen-bond acceptors (Lipinski definition) is 7. The van der Waals surface area contributed by atoms with Gasteiger partial charge in [0.05, 0.1) is 12.5 Å². The van der Waals surface area contributed by atoms with Crippen LogP contribution in [-0.2, 0) is 36.8 Å². The summed E-state index contributed by atoms with van der Waals surface area (Å²) >= 11 is 0. The second kappa shape index (κ2) is 17.0. The van der Waals surface area contributed by atoms with Crippen molar-refractivity contribution in [3.63, 3.8) is 0 Å². The van der Waals surface area contributed by atoms with Crippen molar-refractivity contribution in [2.24, 2.45) is 22.2 Å². The van der Waals surface area contributed by atoms with Gasteiger partial charge in [-0.1, -0.05) is 60.7 Å². The average Bonchev–Trinajstić information content (AvgIpc) is 2.94. The smallest absolute Gasteiger partial charge is 0.326 e. The normalized spacial score (nSPS) is 13.5. The first-order valence-electron chi connectivity index (χ1n) is 13.2. The van der Waals surface area contributed by atoms with Crippen LogP contribution >= 0.6 is 0 Å². The summed E-state index contributed by atoms with van der Waals surface area (Å²) in [6.07, 6.45) is -0.475. The van der Waals surface area contributed by atoms with E-state index in [0.717, 1.165) is 5.56 Å². The van der Waals surface area contributed by atoms with Crippen molar-refractivity contribution in [2.75, 3.05) is 6.54 Å². The summed E-state index contributed by atoms with van der Waals surface area (Å²) in [7, 11) is 0. The maximum absolute atomic E-state index is 13.2. The summed E-state index contributed by atoms with van der Waals surface area (Å²) in [5, 5.41) is 26.3. The average molecular weight is 584 g/mol. The number of amides is 3. The first-order valence-corrected chi connectivity index (χ1v) is 13.2. The summed E-state index contributed by atoms with van der Waals surface area (Å²) in [5.74, 6) is -5.39. The van der Waals surface area contributed by atoms with Gasteiger partial charge < -0.3 is 43.4 Å². The van der Waals surface area contributed by atoms with Crippen molar-refractivity contribution in [3.8, 4) is 0 Å². The van der Waals surface area contributed by atoms with E-state index >= 15 is 0 Å². The van der Waals surface area contributed by atoms with E-state index < -0.39 is 60.2 Å². The highest BCUT2D eigenvalue weighted by Gasteiger charge is 2.31. The van der Waals surface area contributed by atoms with Crippen molar-refractivity contribution in [1.82, 2.24) is 16.0 Å². The van der Waals surface area contributed by atoms with Gasteiger partial charge in [-0.15, -0.1) is 0 Å². The molecule has 0 saturated heterocycles. The van der Waals surface area contributed by atoms with Crippen LogP contribution in [0.15, 0.2) is 65.7 Å². The largest absolute Gasteiger partial charge is 0.481 e. The van der Waals surface area contributed by atoms with Gasteiger partial charge in [0, 0.05) is 13.0 Å². The van der Waals surface area contributed by atoms with Gasteiger partial charge in [0.25, 0.3) is 0 Å². The van der Waals surface area contributed by atoms with Crippen LogP contribution < -0.4 is 33.2 Å². The van der Waals surface area contributed by atoms with Crippen LogP contribution in [0.1, 0.15) is 30.4 Å². The van der Waals surface area contributed by atoms with Crippen LogP contribution in [0, 0.1) is 0 Å². The zero-order chi connectivity index (χ0) is 31.1. The second-order valence-corrected chi connectivity index (χ2v) is 9.55. The Bertz CT molecular complexity index is 1240. The number of carbonyl (C=O) groups is 5. The van der Waals surface area contributed by atoms with Crippen LogP contribution in [0.4, 0.5) is 0 Å². The fourth-order valence-corrected chi connectivity index (χ4v) is 3.99. The molecule has 2 aromatic rings. The molecule has 0 saturated carbocycles. The Kier molecular flexibility index (Phi) is 13.4. The highest BCUT2D eigenvalue weighted by atomic mass is 16.4. The Morgan fingerprint density at radius 3 is 1.74 bits per heavy atom. The van der Waals surface area contributed by atoms with E-state index in [4.69, 9.17) is 17.2 Å². The number of rotatable bonds is 17. The van der Waals surface area contributed by atoms with Gasteiger partial charge in [-0.25, -0.2) is 4.79 Å². The molecule has 0 aliphatic carbocycles. The summed E-state index contributed by atoms with van der Waals surface area (Å²) in [5.41, 5.74) is 18.1. The lowest BCUT2D eigenvalue weighted by atomic mass is 10.0. The molecular formula is C28H37N7O7. The third-order valence-corrected chi connectivity index (χ3v) is 6.12. The fraction of sp³-hybridized carbons (Fsp3) is 0.357. The molecule has 0 bridgehead atoms. The Balaban J connectivity index is 2.17. The van der Waals surface area contributed by atoms with Crippen LogP contribution in [0.25, 0.3) is 0 Å². The standard InChI is InChI=1S/C28H37N7O7/c29-19(14-17-8-3-1-4-9-17)24(38)34-21(16-23(36)37)26(40)33-20(12-7-13-32-28(30)31)25(39)35-22(27(41)42)15-18-10-5-2-6-11-18/h1-6,8-11,19-22H,7,12-16,29H2,(H,33,40)(H,34,38)(H,35,39)(H,36,37)(H,41,42)(H4,30,31,32). The Labute approximate surface area is 242 Å². The molecular weight excluding hydrogens is 546 g/mol. The summed E-state index contributed by atoms with van der Waals surface area (Å²) in [4.78, 5) is 66.3. The van der Waals surface area contributed by atoms with Crippen LogP contribution in [0.5, 0.6) is 0 Å². The fourth-order valence-electron chi connectivity index (χ4n) is 3.99. The molecule has 0 aliphatic rings. The van der Waals surface area contributed by atoms with E-state index in [2.05, 4.69) is 20.9 Å². The van der Waals surface area contributed by atoms with Gasteiger partial charge >= 0.3 is 11.9 Å². The molecule has 0 fully saturated rings. The number of carboxylic acids is 2. The number of carboxylic acid groups (broad SMARTS) is 2. The minimum atomic E-state index is -1.57. The Hall–Kier alpha value is -4.98. The van der Waals surface area contributed by atoms with Crippen LogP contribution in [-0.4, -0.2) is 76.5 Å². The number of nitrogens with one attached hydrogen (secondary N) is 3. The number of benzene rings is 2. The van der Waals surface area contributed by atoms with Crippen molar-refractivity contribution in [2.45, 2.75) is 56.3 Å². The van der Waals surface area contributed by atoms with E-state index in [-0.39, 0.29) is 38.2 Å². The van der Waals surface area contributed by atoms with Crippen molar-refractivity contribution >= 4 is 35.6 Å². The minimum Gasteiger partial charge on any atom is -0.481 e. The number of nitrogens with zero attached hydrogens (tertiary/aromatic N) is 1. The van der Waals surface area contributed by atoms with Crippen LogP contribution in [0.2, 0.25) is 0 Å². The predicted octanol–water partition coefficient (Wildman–Crippen LogP) is -1.13. The zero-order valence-electron chi connectivity index (χ0n) is 22.9. The monoisotopic (exact) mass is 583 g/mol. The van der Waals surface area contributed by atoms with Gasteiger partial charge in [0.1, 0.15) is 18.1 Å². The molecule has 0 spiro atoms. The molecule has 14 nitrogen and oxygen atoms in total. The molecule has 0 heterocycles. The number of aliphatic imine (C=N–C) groups is 1. The molecule has 0 aliphatic heterocycles. The Morgan fingerprint density at radius 1 is 0.714 bits per heavy atom. The summed E-state index contributed by atoms with van der Waals surface area (Å²) in [6.45, 7) is 0.109. The van der Waals surface area contributed by atoms with Crippen molar-refractivity contribution < 1.29 is 34.2 Å². The van der Waals surface area contributed by atoms with E-state index in [9.17, 15) is 34.2 Å². The summed E-state index contributed by atoms with van der Waals surface area (Å²) < 4.78 is 0. The Morgan fingerprint density at radius 2 is 1.21 bits per heavy atom. The number of aliphatic carboxylic acids is 2. The second-order valence-electron chi connectivity index (χ2n) is 9.55. The molecule has 4 unspecified atom stereocenters. The molecule has 42 heavy (non-hydrogen) atoms. The van der Waals surface area contributed by atoms with E-state index in [1.807, 2.05) is 0 Å². The van der Waals surface area contributed by atoms with Gasteiger partial charge in [0.2, 0.25) is 17.7 Å². The molecule has 11 N–H and O–H groups in total. The highest BCUT2D eigenvalue weighted by molar-refractivity contribution is 5.95. The SMILES string of the molecule is NC(N)=NCCCC(NC(=O)C(CC(=O)O)NC(=O)C(N)Cc1ccccc1)C(=O)NC(Cc1ccccc1)C(=O)O. The quantitative estimate of drug-likeness (QED) is 0.0631. The van der Waals surface area contributed by atoms with E-state index in [1.165, 1.54) is 0 Å². The molecule has 2 aromatic carbocycles. The number of hydrogen-bond donors (Lipinski definition) is 8. The van der Waals surface area contributed by atoms with E-state index in [1.54, 1.807) is 60.7 Å². The summed E-state index contributed by atoms with van der Waals surface area (Å²) in [6, 6.07) is 12.2. The molecule has 226 valence electrons. The third-order valence-electron chi connectivity index (χ3n) is 6.12. The predicted molar refractivity (Wildman–Crippen MR) is 154 cm³/mol. The third kappa shape index (κ3) is 12.0. The minimum absolute atomic E-state index is 0.0203. The number of guanidine groups is 1. The molecule has 0 radical (unpaired) electrons. The van der Waals surface area contributed by atoms with Gasteiger partial charge in [-0.05, 0) is 30.4 Å². The maximum atomic E-state index is 13.2. The van der Waals surface area contributed by atoms with Crippen molar-refractivity contribution in [1.29, 1.82) is 0 Å². The van der Waals surface area contributed by atoms with Gasteiger partial charge in [0.15, 0.2) is 5.96 Å². The maximum Gasteiger partial charge on any atom is 0.326 e. The highest BCUT2D eigenvalue weighted by Crippen LogP contribution is 2.07. The topological polar surface area (TPSA) is 252 Å². The molecule has 4 atom stereocenters.